The fraction of sp³-hybridized carbons (Fsp3) is 0.0952. The van der Waals surface area contributed by atoms with Gasteiger partial charge in [-0.3, -0.25) is 0 Å². The normalized spacial score (nSPS) is 15.2. The van der Waals surface area contributed by atoms with Crippen molar-refractivity contribution in [3.8, 4) is 0 Å². The van der Waals surface area contributed by atoms with Gasteiger partial charge in [0.05, 0.1) is 0 Å². The van der Waals surface area contributed by atoms with Crippen LogP contribution in [0.5, 0.6) is 0 Å². The maximum absolute atomic E-state index is 12.5. The van der Waals surface area contributed by atoms with Crippen LogP contribution in [0, 0.1) is 12.3 Å². The van der Waals surface area contributed by atoms with Gasteiger partial charge >= 0.3 is 204 Å². The van der Waals surface area contributed by atoms with Crippen molar-refractivity contribution in [3.05, 3.63) is 76.2 Å². The fourth-order valence-corrected chi connectivity index (χ4v) is 16.3. The van der Waals surface area contributed by atoms with Crippen molar-refractivity contribution in [1.82, 2.24) is 5.16 Å². The molecule has 182 valence electrons. The molecule has 0 unspecified atom stereocenters. The molecule has 0 aliphatic carbocycles. The number of hydrogen-bond acceptors (Lipinski definition) is 10. The van der Waals surface area contributed by atoms with Gasteiger partial charge in [0.1, 0.15) is 5.76 Å². The van der Waals surface area contributed by atoms with Crippen LogP contribution in [0.3, 0.4) is 0 Å². The van der Waals surface area contributed by atoms with E-state index in [4.69, 9.17) is 18.2 Å². The molecule has 0 saturated carbocycles. The number of aromatic nitrogens is 1. The molecular weight excluding hydrogens is 731 g/mol. The van der Waals surface area contributed by atoms with E-state index in [1.54, 1.807) is 32.3 Å². The standard InChI is InChI=1S/C21H19N7O3S3.ClH.Hg/c1-13-12-18(25-31-13)26-34(29,30)17-10-8-15(9-11-17)23-27-33-21(32)19-14(2)24-28(20(19)22)16-6-4-3-5-7-16;;/h3-12,22,32H,1-2H3,(H,25,26);1H;/q;;+2/p-2/b21-19-,22-20?,27-23?;;. The van der Waals surface area contributed by atoms with Crippen molar-refractivity contribution in [3.63, 3.8) is 0 Å². The topological polar surface area (TPSA) is 136 Å². The van der Waals surface area contributed by atoms with Crippen LogP contribution in [0.2, 0.25) is 0 Å². The molecular formula is C21H18ClHgN7O3S3. The Bertz CT molecular complexity index is 1460. The number of nitrogens with zero attached hydrogens (tertiary/aromatic N) is 5. The molecule has 2 heterocycles. The molecule has 10 nitrogen and oxygen atoms in total. The zero-order chi connectivity index (χ0) is 25.7. The summed E-state index contributed by atoms with van der Waals surface area (Å²) in [6, 6.07) is 16.9. The number of nitrogens with one attached hydrogen (secondary N) is 2. The van der Waals surface area contributed by atoms with Crippen molar-refractivity contribution in [2.45, 2.75) is 18.7 Å². The Balaban J connectivity index is 1.48. The van der Waals surface area contributed by atoms with E-state index in [1.807, 2.05) is 37.3 Å². The quantitative estimate of drug-likeness (QED) is 0.145. The zero-order valence-corrected chi connectivity index (χ0v) is 27.7. The Hall–Kier alpha value is -2.19. The van der Waals surface area contributed by atoms with Crippen LogP contribution in [-0.2, 0) is 31.8 Å². The molecule has 3 aromatic rings. The van der Waals surface area contributed by atoms with E-state index in [2.05, 4.69) is 24.6 Å². The second-order valence-corrected chi connectivity index (χ2v) is 22.6. The van der Waals surface area contributed by atoms with E-state index < -0.39 is 31.8 Å². The fourth-order valence-electron chi connectivity index (χ4n) is 3.13. The van der Waals surface area contributed by atoms with Gasteiger partial charge in [0.2, 0.25) is 0 Å². The van der Waals surface area contributed by atoms with Crippen molar-refractivity contribution in [2.24, 2.45) is 14.7 Å². The molecule has 1 aliphatic rings. The van der Waals surface area contributed by atoms with E-state index in [0.717, 1.165) is 21.9 Å². The molecule has 1 aliphatic heterocycles. The van der Waals surface area contributed by atoms with Crippen LogP contribution in [0.1, 0.15) is 12.7 Å². The summed E-state index contributed by atoms with van der Waals surface area (Å²) in [6.07, 6.45) is 0. The first kappa shape index (κ1) is 26.9. The van der Waals surface area contributed by atoms with Crippen molar-refractivity contribution >= 4 is 67.2 Å². The average molecular weight is 749 g/mol. The minimum atomic E-state index is -3.82. The number of amidine groups is 1. The van der Waals surface area contributed by atoms with Crippen LogP contribution in [0.4, 0.5) is 17.2 Å². The molecule has 0 spiro atoms. The molecule has 4 rings (SSSR count). The Kier molecular flexibility index (Phi) is 8.88. The Labute approximate surface area is 230 Å². The second-order valence-electron chi connectivity index (χ2n) is 7.29. The third-order valence-electron chi connectivity index (χ3n) is 4.74. The van der Waals surface area contributed by atoms with Gasteiger partial charge < -0.3 is 4.52 Å². The molecule has 0 amide bonds. The SMILES string of the molecule is CC1=NN(c2ccccc2)C(=N)/C1=C(\SN=Nc1ccc(S(=O)(=O)Nc2cc(C)on2)cc1)[S][Hg][Cl]. The van der Waals surface area contributed by atoms with Crippen LogP contribution >= 0.6 is 28.4 Å². The van der Waals surface area contributed by atoms with Gasteiger partial charge in [-0.1, -0.05) is 5.16 Å². The Morgan fingerprint density at radius 2 is 1.89 bits per heavy atom. The van der Waals surface area contributed by atoms with E-state index in [1.165, 1.54) is 18.2 Å². The number of aryl methyl sites for hydroxylation is 1. The monoisotopic (exact) mass is 749 g/mol. The number of anilines is 2. The summed E-state index contributed by atoms with van der Waals surface area (Å²) in [7, 11) is 3.94. The number of sulfonamides is 1. The van der Waals surface area contributed by atoms with Gasteiger partial charge in [-0.2, -0.15) is 0 Å². The van der Waals surface area contributed by atoms with E-state index in [-0.39, 0.29) is 16.5 Å². The first-order valence-electron chi connectivity index (χ1n) is 10.4. The van der Waals surface area contributed by atoms with Crippen molar-refractivity contribution < 1.29 is 34.8 Å². The Morgan fingerprint density at radius 3 is 2.53 bits per heavy atom. The molecule has 36 heavy (non-hydrogen) atoms. The number of para-hydroxylation sites is 1. The first-order valence-corrected chi connectivity index (χ1v) is 27.1. The summed E-state index contributed by atoms with van der Waals surface area (Å²) < 4.78 is 37.3. The number of hydrazone groups is 1. The molecule has 0 fully saturated rings. The number of halogens is 1. The predicted octanol–water partition coefficient (Wildman–Crippen LogP) is 6.49. The van der Waals surface area contributed by atoms with Crippen LogP contribution in [0.15, 0.2) is 94.6 Å². The summed E-state index contributed by atoms with van der Waals surface area (Å²) in [5, 5.41) is 22.6. The van der Waals surface area contributed by atoms with Crippen molar-refractivity contribution in [1.29, 1.82) is 5.41 Å². The molecule has 0 radical (unpaired) electrons. The van der Waals surface area contributed by atoms with Crippen LogP contribution in [-0.4, -0.2) is 25.1 Å². The molecule has 1 aromatic heterocycles. The van der Waals surface area contributed by atoms with Crippen molar-refractivity contribution in [2.75, 3.05) is 9.73 Å². The summed E-state index contributed by atoms with van der Waals surface area (Å²) in [5.41, 5.74) is 2.66. The third kappa shape index (κ3) is 6.38. The molecule has 0 saturated heterocycles. The average Bonchev–Trinajstić information content (AvgIpc) is 3.40. The van der Waals surface area contributed by atoms with Crippen LogP contribution < -0.4 is 9.73 Å². The zero-order valence-electron chi connectivity index (χ0n) is 19.0. The van der Waals surface area contributed by atoms with Gasteiger partial charge in [-0.25, -0.2) is 0 Å². The summed E-state index contributed by atoms with van der Waals surface area (Å²) in [4.78, 5) is 0.0529. The third-order valence-corrected chi connectivity index (χ3v) is 17.8. The molecule has 15 heteroatoms. The molecule has 0 atom stereocenters. The molecule has 0 bridgehead atoms. The minimum absolute atomic E-state index is 0.0529. The first-order chi connectivity index (χ1) is 17.3. The van der Waals surface area contributed by atoms with Gasteiger partial charge in [0.15, 0.2) is 0 Å². The van der Waals surface area contributed by atoms with E-state index >= 15 is 0 Å². The van der Waals surface area contributed by atoms with Gasteiger partial charge in [0, 0.05) is 6.07 Å². The summed E-state index contributed by atoms with van der Waals surface area (Å²) in [5.74, 6) is 0.860. The van der Waals surface area contributed by atoms with Crippen LogP contribution in [0.25, 0.3) is 0 Å². The number of hydrogen-bond donors (Lipinski definition) is 2. The Morgan fingerprint density at radius 1 is 1.17 bits per heavy atom. The van der Waals surface area contributed by atoms with E-state index in [9.17, 15) is 8.42 Å². The van der Waals surface area contributed by atoms with Gasteiger partial charge in [0.25, 0.3) is 0 Å². The molecule has 2 N–H and O–H groups in total. The van der Waals surface area contributed by atoms with Gasteiger partial charge in [-0.05, 0) is 6.92 Å². The van der Waals surface area contributed by atoms with E-state index in [0.29, 0.717) is 22.7 Å². The maximum atomic E-state index is 12.5. The second kappa shape index (κ2) is 11.9. The number of benzene rings is 2. The summed E-state index contributed by atoms with van der Waals surface area (Å²) >= 11 is -0.585. The summed E-state index contributed by atoms with van der Waals surface area (Å²) in [6.45, 7) is 3.52. The molecule has 2 aromatic carbocycles. The number of rotatable bonds is 9. The van der Waals surface area contributed by atoms with Gasteiger partial charge in [-0.15, -0.1) is 0 Å². The predicted molar refractivity (Wildman–Crippen MR) is 141 cm³/mol.